The summed E-state index contributed by atoms with van der Waals surface area (Å²) in [6.07, 6.45) is -0.878. The first-order chi connectivity index (χ1) is 14.6. The van der Waals surface area contributed by atoms with Crippen LogP contribution in [0.5, 0.6) is 17.2 Å². The lowest BCUT2D eigenvalue weighted by Gasteiger charge is -2.04. The zero-order chi connectivity index (χ0) is 20.7. The van der Waals surface area contributed by atoms with Gasteiger partial charge in [-0.15, -0.1) is 0 Å². The number of aromatic nitrogens is 2. The number of hydrogen-bond acceptors (Lipinski definition) is 6. The summed E-state index contributed by atoms with van der Waals surface area (Å²) in [5.74, 6) is 2.05. The first-order valence-electron chi connectivity index (χ1n) is 9.09. The molecule has 1 aliphatic rings. The minimum absolute atomic E-state index is 0.113. The molecule has 3 aromatic carbocycles. The third-order valence-electron chi connectivity index (χ3n) is 4.73. The molecule has 0 spiro atoms. The summed E-state index contributed by atoms with van der Waals surface area (Å²) in [4.78, 5) is 31.4. The Hall–Kier alpha value is -4.33. The number of nitrogens with one attached hydrogen (secondary N) is 1. The number of amides is 1. The Morgan fingerprint density at radius 3 is 2.50 bits per heavy atom. The van der Waals surface area contributed by atoms with E-state index < -0.39 is 6.09 Å². The molecule has 0 unspecified atom stereocenters. The standard InChI is InChI=1S/C22H15N3O5/c23-22(27)30-15-6-7-16-17(10-15)25-21(24-16)13-3-1-12(2-4-13)20(26)14-5-8-18-19(9-14)29-11-28-18/h1-10H,11H2,(H2,23,27)(H,24,25). The van der Waals surface area contributed by atoms with Gasteiger partial charge < -0.3 is 24.9 Å². The van der Waals surface area contributed by atoms with E-state index in [0.717, 1.165) is 5.56 Å². The van der Waals surface area contributed by atoms with Crippen LogP contribution in [0.15, 0.2) is 60.7 Å². The average Bonchev–Trinajstić information content (AvgIpc) is 3.38. The molecule has 0 fully saturated rings. The zero-order valence-electron chi connectivity index (χ0n) is 15.5. The molecule has 4 aromatic rings. The van der Waals surface area contributed by atoms with E-state index in [1.807, 2.05) is 12.1 Å². The van der Waals surface area contributed by atoms with Crippen LogP contribution in [0.4, 0.5) is 4.79 Å². The van der Waals surface area contributed by atoms with Crippen LogP contribution in [0, 0.1) is 0 Å². The largest absolute Gasteiger partial charge is 0.454 e. The Bertz CT molecular complexity index is 1290. The van der Waals surface area contributed by atoms with E-state index in [2.05, 4.69) is 9.97 Å². The zero-order valence-corrected chi connectivity index (χ0v) is 15.5. The summed E-state index contributed by atoms with van der Waals surface area (Å²) in [6.45, 7) is 0.162. The van der Waals surface area contributed by atoms with Gasteiger partial charge in [-0.3, -0.25) is 4.79 Å². The molecule has 0 aliphatic carbocycles. The predicted molar refractivity (Wildman–Crippen MR) is 108 cm³/mol. The van der Waals surface area contributed by atoms with Crippen LogP contribution in [0.3, 0.4) is 0 Å². The van der Waals surface area contributed by atoms with Gasteiger partial charge in [0, 0.05) is 22.8 Å². The maximum Gasteiger partial charge on any atom is 0.409 e. The van der Waals surface area contributed by atoms with Crippen LogP contribution < -0.4 is 19.9 Å². The van der Waals surface area contributed by atoms with Crippen molar-refractivity contribution in [1.29, 1.82) is 0 Å². The van der Waals surface area contributed by atoms with Gasteiger partial charge in [0.1, 0.15) is 11.6 Å². The molecule has 1 amide bonds. The fourth-order valence-electron chi connectivity index (χ4n) is 3.29. The summed E-state index contributed by atoms with van der Waals surface area (Å²) < 4.78 is 15.5. The molecular formula is C22H15N3O5. The number of benzene rings is 3. The Labute approximate surface area is 170 Å². The van der Waals surface area contributed by atoms with Crippen LogP contribution >= 0.6 is 0 Å². The van der Waals surface area contributed by atoms with Crippen molar-refractivity contribution in [3.63, 3.8) is 0 Å². The molecule has 30 heavy (non-hydrogen) atoms. The van der Waals surface area contributed by atoms with E-state index in [0.29, 0.717) is 45.2 Å². The number of H-pyrrole nitrogens is 1. The third kappa shape index (κ3) is 3.20. The summed E-state index contributed by atoms with van der Waals surface area (Å²) in [5.41, 5.74) is 8.34. The van der Waals surface area contributed by atoms with Gasteiger partial charge in [0.25, 0.3) is 0 Å². The SMILES string of the molecule is NC(=O)Oc1ccc2nc(-c3ccc(C(=O)c4ccc5c(c4)OCO5)cc3)[nH]c2c1. The van der Waals surface area contributed by atoms with E-state index in [-0.39, 0.29) is 12.6 Å². The number of imidazole rings is 1. The maximum atomic E-state index is 12.8. The van der Waals surface area contributed by atoms with E-state index in [1.165, 1.54) is 0 Å². The van der Waals surface area contributed by atoms with Crippen LogP contribution in [-0.4, -0.2) is 28.6 Å². The molecule has 5 rings (SSSR count). The van der Waals surface area contributed by atoms with Crippen molar-refractivity contribution in [3.05, 3.63) is 71.8 Å². The second-order valence-corrected chi connectivity index (χ2v) is 6.66. The summed E-state index contributed by atoms with van der Waals surface area (Å²) in [5, 5.41) is 0. The molecule has 1 aliphatic heterocycles. The van der Waals surface area contributed by atoms with E-state index in [9.17, 15) is 9.59 Å². The minimum atomic E-state index is -0.878. The number of rotatable bonds is 4. The first-order valence-corrected chi connectivity index (χ1v) is 9.09. The number of hydrogen-bond donors (Lipinski definition) is 2. The van der Waals surface area contributed by atoms with Crippen molar-refractivity contribution in [2.75, 3.05) is 6.79 Å². The number of nitrogens with two attached hydrogens (primary N) is 1. The quantitative estimate of drug-likeness (QED) is 0.504. The molecular weight excluding hydrogens is 386 g/mol. The molecule has 0 atom stereocenters. The second kappa shape index (κ2) is 6.93. The van der Waals surface area contributed by atoms with Gasteiger partial charge in [-0.1, -0.05) is 24.3 Å². The van der Waals surface area contributed by atoms with Crippen molar-refractivity contribution in [2.45, 2.75) is 0 Å². The van der Waals surface area contributed by atoms with Gasteiger partial charge in [0.15, 0.2) is 17.3 Å². The third-order valence-corrected chi connectivity index (χ3v) is 4.73. The summed E-state index contributed by atoms with van der Waals surface area (Å²) >= 11 is 0. The monoisotopic (exact) mass is 401 g/mol. The maximum absolute atomic E-state index is 12.8. The van der Waals surface area contributed by atoms with Gasteiger partial charge in [0.2, 0.25) is 6.79 Å². The molecule has 2 heterocycles. The van der Waals surface area contributed by atoms with Crippen molar-refractivity contribution in [2.24, 2.45) is 5.73 Å². The first kappa shape index (κ1) is 17.7. The number of ketones is 1. The van der Waals surface area contributed by atoms with Gasteiger partial charge in [-0.2, -0.15) is 0 Å². The van der Waals surface area contributed by atoms with Crippen molar-refractivity contribution >= 4 is 22.9 Å². The minimum Gasteiger partial charge on any atom is -0.454 e. The fourth-order valence-corrected chi connectivity index (χ4v) is 3.29. The van der Waals surface area contributed by atoms with Crippen molar-refractivity contribution in [3.8, 4) is 28.6 Å². The second-order valence-electron chi connectivity index (χ2n) is 6.66. The smallest absolute Gasteiger partial charge is 0.409 e. The Balaban J connectivity index is 1.40. The number of carbonyl (C=O) groups excluding carboxylic acids is 2. The molecule has 1 aromatic heterocycles. The Morgan fingerprint density at radius 2 is 1.70 bits per heavy atom. The lowest BCUT2D eigenvalue weighted by atomic mass is 10.0. The van der Waals surface area contributed by atoms with Gasteiger partial charge in [-0.25, -0.2) is 9.78 Å². The van der Waals surface area contributed by atoms with Crippen LogP contribution in [0.2, 0.25) is 0 Å². The molecule has 0 saturated heterocycles. The molecule has 8 nitrogen and oxygen atoms in total. The van der Waals surface area contributed by atoms with Gasteiger partial charge in [0.05, 0.1) is 11.0 Å². The molecule has 8 heteroatoms. The van der Waals surface area contributed by atoms with Gasteiger partial charge >= 0.3 is 6.09 Å². The number of fused-ring (bicyclic) bond motifs is 2. The topological polar surface area (TPSA) is 117 Å². The molecule has 0 bridgehead atoms. The predicted octanol–water partition coefficient (Wildman–Crippen LogP) is 3.65. The van der Waals surface area contributed by atoms with Gasteiger partial charge in [-0.05, 0) is 30.3 Å². The molecule has 0 radical (unpaired) electrons. The molecule has 3 N–H and O–H groups in total. The van der Waals surface area contributed by atoms with Crippen LogP contribution in [0.1, 0.15) is 15.9 Å². The Morgan fingerprint density at radius 1 is 0.933 bits per heavy atom. The van der Waals surface area contributed by atoms with Crippen molar-refractivity contribution < 1.29 is 23.8 Å². The van der Waals surface area contributed by atoms with E-state index >= 15 is 0 Å². The highest BCUT2D eigenvalue weighted by Crippen LogP contribution is 2.33. The molecule has 148 valence electrons. The normalized spacial score (nSPS) is 12.1. The number of aromatic amines is 1. The lowest BCUT2D eigenvalue weighted by molar-refractivity contribution is 0.103. The Kier molecular flexibility index (Phi) is 4.10. The fraction of sp³-hybridized carbons (Fsp3) is 0.0455. The summed E-state index contributed by atoms with van der Waals surface area (Å²) in [7, 11) is 0. The summed E-state index contributed by atoms with van der Waals surface area (Å²) in [6, 6.07) is 17.3. The highest BCUT2D eigenvalue weighted by Gasteiger charge is 2.17. The van der Waals surface area contributed by atoms with Crippen molar-refractivity contribution in [1.82, 2.24) is 9.97 Å². The van der Waals surface area contributed by atoms with Crippen LogP contribution in [0.25, 0.3) is 22.4 Å². The number of nitrogens with zero attached hydrogens (tertiary/aromatic N) is 1. The molecule has 0 saturated carbocycles. The lowest BCUT2D eigenvalue weighted by Crippen LogP contribution is -2.16. The number of carbonyl (C=O) groups is 2. The van der Waals surface area contributed by atoms with E-state index in [1.54, 1.807) is 48.5 Å². The number of ether oxygens (including phenoxy) is 3. The highest BCUT2D eigenvalue weighted by molar-refractivity contribution is 6.09. The number of primary amides is 1. The average molecular weight is 401 g/mol. The van der Waals surface area contributed by atoms with E-state index in [4.69, 9.17) is 19.9 Å². The highest BCUT2D eigenvalue weighted by atomic mass is 16.7. The van der Waals surface area contributed by atoms with Crippen LogP contribution in [-0.2, 0) is 0 Å².